The van der Waals surface area contributed by atoms with Crippen molar-refractivity contribution in [2.45, 2.75) is 40.5 Å². The maximum absolute atomic E-state index is 4.65. The van der Waals surface area contributed by atoms with Crippen LogP contribution in [-0.4, -0.2) is 47.6 Å². The van der Waals surface area contributed by atoms with Crippen molar-refractivity contribution in [2.24, 2.45) is 5.41 Å². The molecule has 0 spiro atoms. The van der Waals surface area contributed by atoms with Crippen LogP contribution >= 0.6 is 0 Å². The highest BCUT2D eigenvalue weighted by atomic mass is 15.3. The highest BCUT2D eigenvalue weighted by molar-refractivity contribution is 5.63. The number of nitrogens with zero attached hydrogens (tertiary/aromatic N) is 4. The molecule has 26 heavy (non-hydrogen) atoms. The molecule has 1 fully saturated rings. The van der Waals surface area contributed by atoms with E-state index in [1.165, 1.54) is 11.1 Å². The van der Waals surface area contributed by atoms with E-state index in [4.69, 9.17) is 0 Å². The SMILES string of the molecule is CCN1CCN(c2ncc(-c3cccc([C@H](C)C(C)(C)C)c3)cn2)CC1. The summed E-state index contributed by atoms with van der Waals surface area (Å²) in [5, 5.41) is 0. The number of likely N-dealkylation sites (N-methyl/N-ethyl adjacent to an activating group) is 1. The minimum Gasteiger partial charge on any atom is -0.338 e. The Bertz CT molecular complexity index is 710. The second-order valence-corrected chi connectivity index (χ2v) is 8.41. The van der Waals surface area contributed by atoms with E-state index in [1.54, 1.807) is 0 Å². The van der Waals surface area contributed by atoms with Gasteiger partial charge >= 0.3 is 0 Å². The Morgan fingerprint density at radius 1 is 1.00 bits per heavy atom. The fraction of sp³-hybridized carbons (Fsp3) is 0.545. The van der Waals surface area contributed by atoms with Gasteiger partial charge in [-0.15, -0.1) is 0 Å². The first-order valence-corrected chi connectivity index (χ1v) is 9.78. The van der Waals surface area contributed by atoms with Crippen LogP contribution < -0.4 is 4.90 Å². The lowest BCUT2D eigenvalue weighted by Gasteiger charge is -2.33. The second kappa shape index (κ2) is 7.75. The average molecular weight is 353 g/mol. The van der Waals surface area contributed by atoms with E-state index in [0.717, 1.165) is 44.2 Å². The van der Waals surface area contributed by atoms with Gasteiger partial charge in [0.1, 0.15) is 0 Å². The molecule has 1 aliphatic rings. The first kappa shape index (κ1) is 18.8. The van der Waals surface area contributed by atoms with Crippen LogP contribution in [0.4, 0.5) is 5.95 Å². The third-order valence-corrected chi connectivity index (χ3v) is 5.76. The van der Waals surface area contributed by atoms with Gasteiger partial charge < -0.3 is 9.80 Å². The largest absolute Gasteiger partial charge is 0.338 e. The predicted octanol–water partition coefficient (Wildman–Crippen LogP) is 4.44. The van der Waals surface area contributed by atoms with Gasteiger partial charge in [-0.05, 0) is 29.0 Å². The summed E-state index contributed by atoms with van der Waals surface area (Å²) in [7, 11) is 0. The van der Waals surface area contributed by atoms with Gasteiger partial charge in [-0.1, -0.05) is 58.9 Å². The van der Waals surface area contributed by atoms with Gasteiger partial charge in [0.05, 0.1) is 0 Å². The summed E-state index contributed by atoms with van der Waals surface area (Å²) in [6, 6.07) is 8.80. The van der Waals surface area contributed by atoms with Crippen LogP contribution in [0.15, 0.2) is 36.7 Å². The van der Waals surface area contributed by atoms with E-state index >= 15 is 0 Å². The Balaban J connectivity index is 1.75. The molecule has 0 aliphatic carbocycles. The predicted molar refractivity (Wildman–Crippen MR) is 110 cm³/mol. The number of benzene rings is 1. The molecule has 2 heterocycles. The Hall–Kier alpha value is -1.94. The van der Waals surface area contributed by atoms with Gasteiger partial charge in [0, 0.05) is 44.1 Å². The molecule has 0 unspecified atom stereocenters. The zero-order valence-electron chi connectivity index (χ0n) is 16.9. The van der Waals surface area contributed by atoms with Crippen LogP contribution in [0.3, 0.4) is 0 Å². The lowest BCUT2D eigenvalue weighted by molar-refractivity contribution is 0.270. The van der Waals surface area contributed by atoms with E-state index in [2.05, 4.69) is 78.7 Å². The molecular weight excluding hydrogens is 320 g/mol. The molecule has 3 rings (SSSR count). The van der Waals surface area contributed by atoms with Gasteiger partial charge in [-0.25, -0.2) is 9.97 Å². The minimum absolute atomic E-state index is 0.250. The minimum atomic E-state index is 0.250. The monoisotopic (exact) mass is 352 g/mol. The highest BCUT2D eigenvalue weighted by Crippen LogP contribution is 2.35. The van der Waals surface area contributed by atoms with Crippen LogP contribution in [0.2, 0.25) is 0 Å². The first-order chi connectivity index (χ1) is 12.4. The normalized spacial score (nSPS) is 17.3. The Morgan fingerprint density at radius 3 is 2.23 bits per heavy atom. The van der Waals surface area contributed by atoms with Crippen LogP contribution in [-0.2, 0) is 0 Å². The molecule has 0 saturated carbocycles. The fourth-order valence-corrected chi connectivity index (χ4v) is 3.39. The molecule has 1 atom stereocenters. The zero-order chi connectivity index (χ0) is 18.7. The van der Waals surface area contributed by atoms with E-state index in [9.17, 15) is 0 Å². The number of anilines is 1. The summed E-state index contributed by atoms with van der Waals surface area (Å²) in [5.74, 6) is 1.35. The molecule has 1 aromatic heterocycles. The third kappa shape index (κ3) is 4.24. The van der Waals surface area contributed by atoms with E-state index in [1.807, 2.05) is 12.4 Å². The smallest absolute Gasteiger partial charge is 0.225 e. The molecule has 2 aromatic rings. The summed E-state index contributed by atoms with van der Waals surface area (Å²) < 4.78 is 0. The number of aromatic nitrogens is 2. The average Bonchev–Trinajstić information content (AvgIpc) is 2.67. The maximum Gasteiger partial charge on any atom is 0.225 e. The molecule has 0 radical (unpaired) electrons. The lowest BCUT2D eigenvalue weighted by Crippen LogP contribution is -2.46. The molecule has 0 amide bonds. The van der Waals surface area contributed by atoms with Crippen molar-refractivity contribution in [3.8, 4) is 11.1 Å². The topological polar surface area (TPSA) is 32.3 Å². The maximum atomic E-state index is 4.65. The molecule has 1 saturated heterocycles. The van der Waals surface area contributed by atoms with Crippen LogP contribution in [0.1, 0.15) is 46.1 Å². The van der Waals surface area contributed by atoms with Crippen molar-refractivity contribution < 1.29 is 0 Å². The van der Waals surface area contributed by atoms with Gasteiger partial charge in [0.15, 0.2) is 0 Å². The Morgan fingerprint density at radius 2 is 1.65 bits per heavy atom. The fourth-order valence-electron chi connectivity index (χ4n) is 3.39. The van der Waals surface area contributed by atoms with E-state index in [0.29, 0.717) is 5.92 Å². The highest BCUT2D eigenvalue weighted by Gasteiger charge is 2.22. The molecule has 140 valence electrons. The molecule has 4 heteroatoms. The van der Waals surface area contributed by atoms with Crippen molar-refractivity contribution in [1.82, 2.24) is 14.9 Å². The van der Waals surface area contributed by atoms with Gasteiger partial charge in [0.2, 0.25) is 5.95 Å². The lowest BCUT2D eigenvalue weighted by atomic mass is 9.77. The molecule has 0 N–H and O–H groups in total. The van der Waals surface area contributed by atoms with Crippen molar-refractivity contribution in [3.05, 3.63) is 42.2 Å². The van der Waals surface area contributed by atoms with Crippen LogP contribution in [0.5, 0.6) is 0 Å². The second-order valence-electron chi connectivity index (χ2n) is 8.41. The Kier molecular flexibility index (Phi) is 5.61. The van der Waals surface area contributed by atoms with Crippen molar-refractivity contribution in [2.75, 3.05) is 37.6 Å². The molecule has 1 aliphatic heterocycles. The number of piperazine rings is 1. The van der Waals surface area contributed by atoms with Crippen LogP contribution in [0, 0.1) is 5.41 Å². The van der Waals surface area contributed by atoms with Gasteiger partial charge in [-0.3, -0.25) is 0 Å². The summed E-state index contributed by atoms with van der Waals surface area (Å²) in [6.45, 7) is 16.7. The summed E-state index contributed by atoms with van der Waals surface area (Å²) in [6.07, 6.45) is 3.94. The first-order valence-electron chi connectivity index (χ1n) is 9.78. The zero-order valence-corrected chi connectivity index (χ0v) is 16.9. The van der Waals surface area contributed by atoms with Gasteiger partial charge in [0.25, 0.3) is 0 Å². The molecule has 0 bridgehead atoms. The quantitative estimate of drug-likeness (QED) is 0.814. The number of rotatable bonds is 4. The van der Waals surface area contributed by atoms with Crippen molar-refractivity contribution in [1.29, 1.82) is 0 Å². The molecule has 4 nitrogen and oxygen atoms in total. The van der Waals surface area contributed by atoms with Crippen LogP contribution in [0.25, 0.3) is 11.1 Å². The summed E-state index contributed by atoms with van der Waals surface area (Å²) in [5.41, 5.74) is 3.90. The Labute approximate surface area is 158 Å². The third-order valence-electron chi connectivity index (χ3n) is 5.76. The van der Waals surface area contributed by atoms with E-state index < -0.39 is 0 Å². The van der Waals surface area contributed by atoms with Crippen molar-refractivity contribution in [3.63, 3.8) is 0 Å². The molecular formula is C22H32N4. The number of hydrogen-bond acceptors (Lipinski definition) is 4. The standard InChI is InChI=1S/C22H32N4/c1-6-25-10-12-26(13-11-25)21-23-15-20(16-24-21)19-9-7-8-18(14-19)17(2)22(3,4)5/h7-9,14-17H,6,10-13H2,1-5H3/t17-/m0/s1. The summed E-state index contributed by atoms with van der Waals surface area (Å²) >= 11 is 0. The molecule has 1 aromatic carbocycles. The number of hydrogen-bond donors (Lipinski definition) is 0. The summed E-state index contributed by atoms with van der Waals surface area (Å²) in [4.78, 5) is 14.0. The van der Waals surface area contributed by atoms with Gasteiger partial charge in [-0.2, -0.15) is 0 Å². The van der Waals surface area contributed by atoms with E-state index in [-0.39, 0.29) is 5.41 Å². The van der Waals surface area contributed by atoms with Crippen molar-refractivity contribution >= 4 is 5.95 Å².